The third-order valence-corrected chi connectivity index (χ3v) is 6.20. The van der Waals surface area contributed by atoms with Crippen LogP contribution in [0.4, 0.5) is 0 Å². The summed E-state index contributed by atoms with van der Waals surface area (Å²) in [6.07, 6.45) is 4.21. The van der Waals surface area contributed by atoms with Crippen molar-refractivity contribution in [2.45, 2.75) is 24.6 Å². The smallest absolute Gasteiger partial charge is 0.0619 e. The molecular weight excluding hydrogens is 278 g/mol. The van der Waals surface area contributed by atoms with Crippen molar-refractivity contribution < 1.29 is 0 Å². The highest BCUT2D eigenvalue weighted by atomic mass is 35.5. The minimum absolute atomic E-state index is 0.193. The van der Waals surface area contributed by atoms with Gasteiger partial charge in [0, 0.05) is 21.8 Å². The Hall–Kier alpha value is -1.47. The molecule has 0 saturated heterocycles. The molecule has 0 spiro atoms. The van der Waals surface area contributed by atoms with Gasteiger partial charge in [-0.1, -0.05) is 30.7 Å². The molecule has 0 radical (unpaired) electrons. The first-order valence-corrected chi connectivity index (χ1v) is 8.41. The summed E-state index contributed by atoms with van der Waals surface area (Å²) in [4.78, 5) is 3.49. The molecule has 2 aliphatic rings. The second kappa shape index (κ2) is 4.27. The number of H-pyrrole nitrogens is 1. The van der Waals surface area contributed by atoms with E-state index in [1.807, 2.05) is 0 Å². The predicted octanol–water partition coefficient (Wildman–Crippen LogP) is 5.65. The van der Waals surface area contributed by atoms with Crippen molar-refractivity contribution in [2.75, 3.05) is 0 Å². The Morgan fingerprint density at radius 1 is 0.952 bits per heavy atom. The second-order valence-corrected chi connectivity index (χ2v) is 7.18. The number of fused-ring (bicyclic) bond motifs is 4. The Labute approximate surface area is 129 Å². The fourth-order valence-electron chi connectivity index (χ4n) is 4.57. The third kappa shape index (κ3) is 1.70. The summed E-state index contributed by atoms with van der Waals surface area (Å²) in [5, 5.41) is 2.80. The van der Waals surface area contributed by atoms with Gasteiger partial charge in [0.05, 0.1) is 5.38 Å². The highest BCUT2D eigenvalue weighted by molar-refractivity contribution is 6.21. The Kier molecular flexibility index (Phi) is 2.46. The van der Waals surface area contributed by atoms with Crippen LogP contribution in [0.1, 0.15) is 30.2 Å². The number of hydrogen-bond acceptors (Lipinski definition) is 0. The molecule has 3 unspecified atom stereocenters. The summed E-state index contributed by atoms with van der Waals surface area (Å²) in [5.41, 5.74) is 3.71. The maximum absolute atomic E-state index is 6.81. The zero-order valence-corrected chi connectivity index (χ0v) is 12.6. The van der Waals surface area contributed by atoms with Gasteiger partial charge in [-0.2, -0.15) is 0 Å². The first-order chi connectivity index (χ1) is 10.3. The topological polar surface area (TPSA) is 15.8 Å². The van der Waals surface area contributed by atoms with Gasteiger partial charge in [0.2, 0.25) is 0 Å². The number of aromatic nitrogens is 1. The van der Waals surface area contributed by atoms with Crippen LogP contribution in [0.25, 0.3) is 21.8 Å². The van der Waals surface area contributed by atoms with Crippen LogP contribution in [0.15, 0.2) is 42.5 Å². The normalized spacial score (nSPS) is 28.9. The fraction of sp³-hybridized carbons (Fsp3) is 0.368. The van der Waals surface area contributed by atoms with Gasteiger partial charge in [-0.3, -0.25) is 0 Å². The van der Waals surface area contributed by atoms with Crippen LogP contribution in [0.3, 0.4) is 0 Å². The number of para-hydroxylation sites is 1. The van der Waals surface area contributed by atoms with Crippen LogP contribution < -0.4 is 0 Å². The van der Waals surface area contributed by atoms with Gasteiger partial charge >= 0.3 is 0 Å². The standard InChI is InChI=1S/C19H18ClN/c20-19(18-13-5-3-6-14(13)18)11-8-9-17-15(10-11)12-4-1-2-7-16(12)21-17/h1-2,4,7-10,13-14,18-19,21H,3,5-6H2. The Morgan fingerprint density at radius 2 is 1.71 bits per heavy atom. The van der Waals surface area contributed by atoms with Crippen molar-refractivity contribution in [2.24, 2.45) is 17.8 Å². The molecular formula is C19H18ClN. The molecule has 1 N–H and O–H groups in total. The molecule has 1 aromatic heterocycles. The average Bonchev–Trinajstić information content (AvgIpc) is 2.88. The van der Waals surface area contributed by atoms with Crippen molar-refractivity contribution in [1.29, 1.82) is 0 Å². The molecule has 0 bridgehead atoms. The summed E-state index contributed by atoms with van der Waals surface area (Å²) < 4.78 is 0. The molecule has 2 heteroatoms. The molecule has 2 aromatic carbocycles. The molecule has 1 nitrogen and oxygen atoms in total. The van der Waals surface area contributed by atoms with E-state index in [0.717, 1.165) is 17.8 Å². The number of benzene rings is 2. The monoisotopic (exact) mass is 295 g/mol. The predicted molar refractivity (Wildman–Crippen MR) is 88.7 cm³/mol. The summed E-state index contributed by atoms with van der Waals surface area (Å²) in [5.74, 6) is 2.54. The minimum atomic E-state index is 0.193. The van der Waals surface area contributed by atoms with E-state index in [2.05, 4.69) is 47.4 Å². The van der Waals surface area contributed by atoms with Gasteiger partial charge in [0.25, 0.3) is 0 Å². The van der Waals surface area contributed by atoms with E-state index in [1.54, 1.807) is 0 Å². The zero-order chi connectivity index (χ0) is 14.0. The van der Waals surface area contributed by atoms with Crippen LogP contribution in [-0.2, 0) is 0 Å². The van der Waals surface area contributed by atoms with E-state index in [1.165, 1.54) is 46.6 Å². The largest absolute Gasteiger partial charge is 0.355 e. The number of halogens is 1. The number of hydrogen-bond donors (Lipinski definition) is 1. The SMILES string of the molecule is ClC(c1ccc2[nH]c3ccccc3c2c1)C1C2CCCC21. The molecule has 2 fully saturated rings. The van der Waals surface area contributed by atoms with E-state index >= 15 is 0 Å². The lowest BCUT2D eigenvalue weighted by molar-refractivity contribution is 0.574. The molecule has 2 saturated carbocycles. The van der Waals surface area contributed by atoms with Crippen molar-refractivity contribution >= 4 is 33.4 Å². The summed E-state index contributed by atoms with van der Waals surface area (Å²) in [6, 6.07) is 15.2. The van der Waals surface area contributed by atoms with Gasteiger partial charge in [0.15, 0.2) is 0 Å². The van der Waals surface area contributed by atoms with Gasteiger partial charge in [-0.25, -0.2) is 0 Å². The van der Waals surface area contributed by atoms with Gasteiger partial charge in [-0.05, 0) is 54.4 Å². The number of rotatable bonds is 2. The van der Waals surface area contributed by atoms with E-state index in [4.69, 9.17) is 11.6 Å². The quantitative estimate of drug-likeness (QED) is 0.588. The molecule has 0 aliphatic heterocycles. The summed E-state index contributed by atoms with van der Waals surface area (Å²) >= 11 is 6.81. The first-order valence-electron chi connectivity index (χ1n) is 7.97. The molecule has 3 aromatic rings. The van der Waals surface area contributed by atoms with E-state index < -0.39 is 0 Å². The molecule has 2 aliphatic carbocycles. The molecule has 0 amide bonds. The zero-order valence-electron chi connectivity index (χ0n) is 11.9. The lowest BCUT2D eigenvalue weighted by Crippen LogP contribution is -1.98. The summed E-state index contributed by atoms with van der Waals surface area (Å²) in [7, 11) is 0. The lowest BCUT2D eigenvalue weighted by atomic mass is 10.0. The van der Waals surface area contributed by atoms with Gasteiger partial charge in [-0.15, -0.1) is 11.6 Å². The van der Waals surface area contributed by atoms with Crippen LogP contribution in [0.2, 0.25) is 0 Å². The minimum Gasteiger partial charge on any atom is -0.355 e. The van der Waals surface area contributed by atoms with Crippen LogP contribution in [0.5, 0.6) is 0 Å². The lowest BCUT2D eigenvalue weighted by Gasteiger charge is -2.12. The maximum atomic E-state index is 6.81. The Morgan fingerprint density at radius 3 is 2.57 bits per heavy atom. The molecule has 1 heterocycles. The van der Waals surface area contributed by atoms with E-state index in [-0.39, 0.29) is 5.38 Å². The molecule has 5 rings (SSSR count). The number of alkyl halides is 1. The van der Waals surface area contributed by atoms with Crippen molar-refractivity contribution in [1.82, 2.24) is 4.98 Å². The van der Waals surface area contributed by atoms with Crippen molar-refractivity contribution in [3.8, 4) is 0 Å². The molecule has 3 atom stereocenters. The Bertz CT molecular complexity index is 824. The van der Waals surface area contributed by atoms with Crippen molar-refractivity contribution in [3.63, 3.8) is 0 Å². The van der Waals surface area contributed by atoms with Crippen LogP contribution in [-0.4, -0.2) is 4.98 Å². The number of nitrogens with one attached hydrogen (secondary N) is 1. The fourth-order valence-corrected chi connectivity index (χ4v) is 5.08. The van der Waals surface area contributed by atoms with Crippen LogP contribution in [0, 0.1) is 17.8 Å². The van der Waals surface area contributed by atoms with Crippen molar-refractivity contribution in [3.05, 3.63) is 48.0 Å². The highest BCUT2D eigenvalue weighted by Crippen LogP contribution is 2.63. The molecule has 21 heavy (non-hydrogen) atoms. The maximum Gasteiger partial charge on any atom is 0.0619 e. The second-order valence-electron chi connectivity index (χ2n) is 6.71. The highest BCUT2D eigenvalue weighted by Gasteiger charge is 2.55. The number of aromatic amines is 1. The van der Waals surface area contributed by atoms with Gasteiger partial charge < -0.3 is 4.98 Å². The average molecular weight is 296 g/mol. The van der Waals surface area contributed by atoms with E-state index in [0.29, 0.717) is 0 Å². The van der Waals surface area contributed by atoms with E-state index in [9.17, 15) is 0 Å². The first kappa shape index (κ1) is 12.1. The third-order valence-electron chi connectivity index (χ3n) is 5.66. The summed E-state index contributed by atoms with van der Waals surface area (Å²) in [6.45, 7) is 0. The Balaban J connectivity index is 1.59. The van der Waals surface area contributed by atoms with Crippen LogP contribution >= 0.6 is 11.6 Å². The molecule has 106 valence electrons. The van der Waals surface area contributed by atoms with Gasteiger partial charge in [0.1, 0.15) is 0 Å².